The number of carbonyl (C=O) groups excluding carboxylic acids is 1. The molecule has 0 bridgehead atoms. The van der Waals surface area contributed by atoms with Gasteiger partial charge in [0.05, 0.1) is 0 Å². The van der Waals surface area contributed by atoms with Gasteiger partial charge in [0.25, 0.3) is 5.91 Å². The van der Waals surface area contributed by atoms with Crippen LogP contribution in [0.2, 0.25) is 5.02 Å². The molecule has 4 heteroatoms. The van der Waals surface area contributed by atoms with Gasteiger partial charge in [0.1, 0.15) is 0 Å². The highest BCUT2D eigenvalue weighted by Gasteiger charge is 2.35. The topological polar surface area (TPSA) is 32.3 Å². The van der Waals surface area contributed by atoms with E-state index in [0.717, 1.165) is 37.1 Å². The first-order chi connectivity index (χ1) is 10.2. The molecule has 3 nitrogen and oxygen atoms in total. The fourth-order valence-electron chi connectivity index (χ4n) is 3.10. The molecule has 2 aliphatic rings. The van der Waals surface area contributed by atoms with Crippen molar-refractivity contribution >= 4 is 17.5 Å². The van der Waals surface area contributed by atoms with E-state index in [1.165, 1.54) is 19.3 Å². The Balaban J connectivity index is 1.76. The average Bonchev–Trinajstić information content (AvgIpc) is 3.33. The molecule has 1 heterocycles. The third kappa shape index (κ3) is 3.41. The standard InChI is InChI=1S/C17H23ClN2O/c1-12-15(6-4-7-16(12)18)17(21)20(14-8-9-14)11-13-5-2-3-10-19-13/h4,6-7,13-14,19H,2-3,5,8-11H2,1H3. The monoisotopic (exact) mass is 306 g/mol. The van der Waals surface area contributed by atoms with Gasteiger partial charge in [0.15, 0.2) is 0 Å². The van der Waals surface area contributed by atoms with Crippen molar-refractivity contribution in [1.82, 2.24) is 10.2 Å². The van der Waals surface area contributed by atoms with Gasteiger partial charge < -0.3 is 10.2 Å². The normalized spacial score (nSPS) is 22.1. The number of benzene rings is 1. The van der Waals surface area contributed by atoms with Crippen molar-refractivity contribution in [2.24, 2.45) is 0 Å². The van der Waals surface area contributed by atoms with Gasteiger partial charge in [-0.25, -0.2) is 0 Å². The molecule has 2 fully saturated rings. The van der Waals surface area contributed by atoms with Crippen LogP contribution in [0.15, 0.2) is 18.2 Å². The SMILES string of the molecule is Cc1c(Cl)cccc1C(=O)N(CC1CCCCN1)C1CC1. The molecule has 1 saturated carbocycles. The number of amides is 1. The van der Waals surface area contributed by atoms with Crippen molar-refractivity contribution in [2.45, 2.75) is 51.1 Å². The van der Waals surface area contributed by atoms with Gasteiger partial charge >= 0.3 is 0 Å². The van der Waals surface area contributed by atoms with E-state index in [1.54, 1.807) is 0 Å². The molecular formula is C17H23ClN2O. The minimum atomic E-state index is 0.143. The van der Waals surface area contributed by atoms with Gasteiger partial charge in [0, 0.05) is 29.2 Å². The van der Waals surface area contributed by atoms with Crippen LogP contribution in [0.4, 0.5) is 0 Å². The van der Waals surface area contributed by atoms with Crippen LogP contribution in [-0.2, 0) is 0 Å². The van der Waals surface area contributed by atoms with Crippen LogP contribution in [0.25, 0.3) is 0 Å². The number of carbonyl (C=O) groups is 1. The summed E-state index contributed by atoms with van der Waals surface area (Å²) >= 11 is 6.17. The van der Waals surface area contributed by atoms with Crippen molar-refractivity contribution in [3.05, 3.63) is 34.3 Å². The van der Waals surface area contributed by atoms with E-state index in [1.807, 2.05) is 25.1 Å². The molecule has 1 aromatic rings. The summed E-state index contributed by atoms with van der Waals surface area (Å²) in [7, 11) is 0. The second-order valence-electron chi connectivity index (χ2n) is 6.25. The highest BCUT2D eigenvalue weighted by molar-refractivity contribution is 6.31. The van der Waals surface area contributed by atoms with Crippen molar-refractivity contribution in [3.63, 3.8) is 0 Å². The van der Waals surface area contributed by atoms with Crippen LogP contribution in [-0.4, -0.2) is 36.0 Å². The smallest absolute Gasteiger partial charge is 0.254 e. The zero-order valence-electron chi connectivity index (χ0n) is 12.6. The molecule has 114 valence electrons. The average molecular weight is 307 g/mol. The summed E-state index contributed by atoms with van der Waals surface area (Å²) in [5.41, 5.74) is 1.65. The zero-order chi connectivity index (χ0) is 14.8. The molecule has 1 aromatic carbocycles. The molecule has 1 saturated heterocycles. The summed E-state index contributed by atoms with van der Waals surface area (Å²) < 4.78 is 0. The summed E-state index contributed by atoms with van der Waals surface area (Å²) in [6.45, 7) is 3.84. The molecule has 1 unspecified atom stereocenters. The van der Waals surface area contributed by atoms with Gasteiger partial charge in [-0.15, -0.1) is 0 Å². The van der Waals surface area contributed by atoms with Crippen LogP contribution in [0.5, 0.6) is 0 Å². The van der Waals surface area contributed by atoms with Gasteiger partial charge in [-0.05, 0) is 56.8 Å². The lowest BCUT2D eigenvalue weighted by molar-refractivity contribution is 0.0717. The molecular weight excluding hydrogens is 284 g/mol. The van der Waals surface area contributed by atoms with Crippen LogP contribution >= 0.6 is 11.6 Å². The quantitative estimate of drug-likeness (QED) is 0.924. The summed E-state index contributed by atoms with van der Waals surface area (Å²) in [6, 6.07) is 6.49. The Kier molecular flexibility index (Phi) is 4.51. The third-order valence-electron chi connectivity index (χ3n) is 4.58. The summed E-state index contributed by atoms with van der Waals surface area (Å²) in [6.07, 6.45) is 5.96. The summed E-state index contributed by atoms with van der Waals surface area (Å²) in [5, 5.41) is 4.22. The van der Waals surface area contributed by atoms with Gasteiger partial charge in [-0.1, -0.05) is 24.1 Å². The number of nitrogens with one attached hydrogen (secondary N) is 1. The Morgan fingerprint density at radius 2 is 2.14 bits per heavy atom. The maximum absolute atomic E-state index is 12.9. The first-order valence-corrected chi connectivity index (χ1v) is 8.34. The van der Waals surface area contributed by atoms with E-state index in [0.29, 0.717) is 17.1 Å². The van der Waals surface area contributed by atoms with E-state index in [2.05, 4.69) is 10.2 Å². The van der Waals surface area contributed by atoms with Crippen LogP contribution < -0.4 is 5.32 Å². The Labute approximate surface area is 131 Å². The first-order valence-electron chi connectivity index (χ1n) is 7.96. The molecule has 0 spiro atoms. The molecule has 1 aliphatic heterocycles. The molecule has 1 amide bonds. The molecule has 1 atom stereocenters. The van der Waals surface area contributed by atoms with Gasteiger partial charge in [0.2, 0.25) is 0 Å². The van der Waals surface area contributed by atoms with Crippen molar-refractivity contribution in [3.8, 4) is 0 Å². The fourth-order valence-corrected chi connectivity index (χ4v) is 3.27. The second-order valence-corrected chi connectivity index (χ2v) is 6.66. The van der Waals surface area contributed by atoms with Crippen molar-refractivity contribution in [1.29, 1.82) is 0 Å². The molecule has 0 aromatic heterocycles. The second kappa shape index (κ2) is 6.37. The zero-order valence-corrected chi connectivity index (χ0v) is 13.3. The molecule has 0 radical (unpaired) electrons. The lowest BCUT2D eigenvalue weighted by Crippen LogP contribution is -2.46. The van der Waals surface area contributed by atoms with E-state index in [-0.39, 0.29) is 5.91 Å². The molecule has 1 aliphatic carbocycles. The Bertz CT molecular complexity index is 522. The summed E-state index contributed by atoms with van der Waals surface area (Å²) in [4.78, 5) is 15.0. The lowest BCUT2D eigenvalue weighted by atomic mass is 10.0. The number of hydrogen-bond donors (Lipinski definition) is 1. The van der Waals surface area contributed by atoms with Crippen LogP contribution in [0.3, 0.4) is 0 Å². The predicted molar refractivity (Wildman–Crippen MR) is 85.9 cm³/mol. The minimum Gasteiger partial charge on any atom is -0.334 e. The van der Waals surface area contributed by atoms with E-state index in [9.17, 15) is 4.79 Å². The molecule has 3 rings (SSSR count). The summed E-state index contributed by atoms with van der Waals surface area (Å²) in [5.74, 6) is 0.143. The number of halogens is 1. The fraction of sp³-hybridized carbons (Fsp3) is 0.588. The number of nitrogens with zero attached hydrogens (tertiary/aromatic N) is 1. The lowest BCUT2D eigenvalue weighted by Gasteiger charge is -2.31. The number of hydrogen-bond acceptors (Lipinski definition) is 2. The highest BCUT2D eigenvalue weighted by Crippen LogP contribution is 2.30. The number of rotatable bonds is 4. The maximum atomic E-state index is 12.9. The Hall–Kier alpha value is -1.06. The van der Waals surface area contributed by atoms with Crippen LogP contribution in [0.1, 0.15) is 48.0 Å². The van der Waals surface area contributed by atoms with Crippen molar-refractivity contribution in [2.75, 3.05) is 13.1 Å². The third-order valence-corrected chi connectivity index (χ3v) is 4.99. The van der Waals surface area contributed by atoms with E-state index < -0.39 is 0 Å². The molecule has 21 heavy (non-hydrogen) atoms. The van der Waals surface area contributed by atoms with E-state index in [4.69, 9.17) is 11.6 Å². The van der Waals surface area contributed by atoms with E-state index >= 15 is 0 Å². The van der Waals surface area contributed by atoms with Gasteiger partial charge in [-0.3, -0.25) is 4.79 Å². The van der Waals surface area contributed by atoms with Crippen LogP contribution in [0, 0.1) is 6.92 Å². The van der Waals surface area contributed by atoms with Crippen molar-refractivity contribution < 1.29 is 4.79 Å². The predicted octanol–water partition coefficient (Wildman–Crippen LogP) is 3.40. The minimum absolute atomic E-state index is 0.143. The number of piperidine rings is 1. The highest BCUT2D eigenvalue weighted by atomic mass is 35.5. The molecule has 1 N–H and O–H groups in total. The largest absolute Gasteiger partial charge is 0.334 e. The Morgan fingerprint density at radius 1 is 1.33 bits per heavy atom. The van der Waals surface area contributed by atoms with Gasteiger partial charge in [-0.2, -0.15) is 0 Å². The Morgan fingerprint density at radius 3 is 2.81 bits per heavy atom. The maximum Gasteiger partial charge on any atom is 0.254 e. The first kappa shape index (κ1) is 14.9.